The van der Waals surface area contributed by atoms with E-state index in [0.29, 0.717) is 13.1 Å². The van der Waals surface area contributed by atoms with Gasteiger partial charge >= 0.3 is 12.1 Å². The van der Waals surface area contributed by atoms with Gasteiger partial charge in [0.25, 0.3) is 0 Å². The van der Waals surface area contributed by atoms with Crippen molar-refractivity contribution in [1.29, 1.82) is 0 Å². The van der Waals surface area contributed by atoms with Crippen LogP contribution in [0.1, 0.15) is 54.6 Å². The molecular formula is C29H40FN3O5. The molecule has 0 aliphatic heterocycles. The molecule has 0 saturated carbocycles. The van der Waals surface area contributed by atoms with E-state index in [1.165, 1.54) is 31.2 Å². The molecule has 2 atom stereocenters. The molecule has 3 rings (SSSR count). The fourth-order valence-electron chi connectivity index (χ4n) is 4.69. The lowest BCUT2D eigenvalue weighted by molar-refractivity contribution is -0.139. The maximum atomic E-state index is 14.4. The van der Waals surface area contributed by atoms with Gasteiger partial charge in [-0.3, -0.25) is 4.98 Å². The molecule has 1 aromatic carbocycles. The number of aliphatic carboxylic acids is 1. The number of ether oxygens (including phenoxy) is 2. The SMILES string of the molecule is COC[C@@H](F)CN(CCCCc1ccc2c(n1)CCCC2)CC[C@H](NC(=O)OCc1ccccc1)C(=O)O. The average molecular weight is 530 g/mol. The number of benzene rings is 1. The van der Waals surface area contributed by atoms with Gasteiger partial charge in [-0.25, -0.2) is 14.0 Å². The second-order valence-electron chi connectivity index (χ2n) is 9.81. The highest BCUT2D eigenvalue weighted by atomic mass is 19.1. The highest BCUT2D eigenvalue weighted by Gasteiger charge is 2.23. The van der Waals surface area contributed by atoms with Crippen LogP contribution in [-0.4, -0.2) is 72.6 Å². The van der Waals surface area contributed by atoms with Crippen molar-refractivity contribution in [3.63, 3.8) is 0 Å². The second kappa shape index (κ2) is 16.0. The Bertz CT molecular complexity index is 1010. The lowest BCUT2D eigenvalue weighted by Gasteiger charge is -2.25. The standard InChI is InChI=1S/C29H40FN3O5/c1-37-21-24(30)19-33(17-8-7-12-25-15-14-23-11-5-6-13-26(23)31-25)18-16-27(28(34)35)32-29(36)38-20-22-9-3-2-4-10-22/h2-4,9-10,14-15,24,27H,5-8,11-13,16-21H2,1H3,(H,32,36)(H,34,35)/t24-,27-/m0/s1. The van der Waals surface area contributed by atoms with E-state index in [0.717, 1.165) is 43.4 Å². The highest BCUT2D eigenvalue weighted by molar-refractivity contribution is 5.79. The van der Waals surface area contributed by atoms with Crippen molar-refractivity contribution in [1.82, 2.24) is 15.2 Å². The number of alkyl carbamates (subject to hydrolysis) is 1. The quantitative estimate of drug-likeness (QED) is 0.312. The normalized spacial score (nSPS) is 14.5. The van der Waals surface area contributed by atoms with Crippen LogP contribution in [0, 0.1) is 0 Å². The predicted molar refractivity (Wildman–Crippen MR) is 143 cm³/mol. The van der Waals surface area contributed by atoms with E-state index >= 15 is 0 Å². The molecule has 8 nitrogen and oxygen atoms in total. The summed E-state index contributed by atoms with van der Waals surface area (Å²) in [6, 6.07) is 12.3. The number of methoxy groups -OCH3 is 1. The fourth-order valence-corrected chi connectivity index (χ4v) is 4.69. The third-order valence-corrected chi connectivity index (χ3v) is 6.73. The van der Waals surface area contributed by atoms with Crippen molar-refractivity contribution in [2.75, 3.05) is 33.4 Å². The number of fused-ring (bicyclic) bond motifs is 1. The van der Waals surface area contributed by atoms with E-state index in [1.54, 1.807) is 0 Å². The van der Waals surface area contributed by atoms with Crippen molar-refractivity contribution < 1.29 is 28.6 Å². The Balaban J connectivity index is 1.47. The number of carboxylic acids is 1. The Hall–Kier alpha value is -3.04. The number of nitrogens with one attached hydrogen (secondary N) is 1. The number of unbranched alkanes of at least 4 members (excludes halogenated alkanes) is 1. The maximum Gasteiger partial charge on any atom is 0.408 e. The maximum absolute atomic E-state index is 14.4. The molecule has 9 heteroatoms. The Morgan fingerprint density at radius 1 is 1.11 bits per heavy atom. The number of nitrogens with zero attached hydrogens (tertiary/aromatic N) is 2. The number of alkyl halides is 1. The van der Waals surface area contributed by atoms with Crippen LogP contribution in [0.2, 0.25) is 0 Å². The van der Waals surface area contributed by atoms with Crippen LogP contribution in [0.15, 0.2) is 42.5 Å². The highest BCUT2D eigenvalue weighted by Crippen LogP contribution is 2.20. The van der Waals surface area contributed by atoms with Gasteiger partial charge in [0.2, 0.25) is 0 Å². The molecule has 0 radical (unpaired) electrons. The second-order valence-corrected chi connectivity index (χ2v) is 9.81. The van der Waals surface area contributed by atoms with Gasteiger partial charge in [0.05, 0.1) is 6.61 Å². The first-order valence-electron chi connectivity index (χ1n) is 13.5. The van der Waals surface area contributed by atoms with E-state index in [-0.39, 0.29) is 26.2 Å². The minimum absolute atomic E-state index is 0.0258. The average Bonchev–Trinajstić information content (AvgIpc) is 2.92. The number of carboxylic acid groups (broad SMARTS) is 1. The van der Waals surface area contributed by atoms with Gasteiger partial charge in [-0.15, -0.1) is 0 Å². The number of carbonyl (C=O) groups excluding carboxylic acids is 1. The van der Waals surface area contributed by atoms with E-state index in [4.69, 9.17) is 14.5 Å². The topological polar surface area (TPSA) is 101 Å². The number of aromatic nitrogens is 1. The number of aryl methyl sites for hydroxylation is 3. The molecule has 2 N–H and O–H groups in total. The minimum Gasteiger partial charge on any atom is -0.480 e. The van der Waals surface area contributed by atoms with E-state index in [9.17, 15) is 19.1 Å². The molecule has 0 fully saturated rings. The largest absolute Gasteiger partial charge is 0.480 e. The molecule has 1 aliphatic carbocycles. The Morgan fingerprint density at radius 3 is 2.66 bits per heavy atom. The fraction of sp³-hybridized carbons (Fsp3) is 0.552. The van der Waals surface area contributed by atoms with Gasteiger partial charge in [-0.1, -0.05) is 36.4 Å². The Morgan fingerprint density at radius 2 is 1.89 bits per heavy atom. The minimum atomic E-state index is -1.19. The molecule has 38 heavy (non-hydrogen) atoms. The van der Waals surface area contributed by atoms with Crippen LogP contribution in [0.5, 0.6) is 0 Å². The van der Waals surface area contributed by atoms with Crippen molar-refractivity contribution in [3.05, 3.63) is 65.0 Å². The van der Waals surface area contributed by atoms with Gasteiger partial charge in [0.1, 0.15) is 18.8 Å². The molecule has 1 aliphatic rings. The van der Waals surface area contributed by atoms with E-state index < -0.39 is 24.3 Å². The Labute approximate surface area is 224 Å². The first kappa shape index (κ1) is 29.5. The lowest BCUT2D eigenvalue weighted by atomic mass is 9.95. The van der Waals surface area contributed by atoms with E-state index in [2.05, 4.69) is 17.4 Å². The van der Waals surface area contributed by atoms with Crippen molar-refractivity contribution in [2.24, 2.45) is 0 Å². The van der Waals surface area contributed by atoms with E-state index in [1.807, 2.05) is 35.2 Å². The van der Waals surface area contributed by atoms with Crippen molar-refractivity contribution >= 4 is 12.1 Å². The summed E-state index contributed by atoms with van der Waals surface area (Å²) in [4.78, 5) is 30.7. The summed E-state index contributed by atoms with van der Waals surface area (Å²) in [5, 5.41) is 12.0. The summed E-state index contributed by atoms with van der Waals surface area (Å²) in [5.41, 5.74) is 4.48. The molecular weight excluding hydrogens is 489 g/mol. The third-order valence-electron chi connectivity index (χ3n) is 6.73. The van der Waals surface area contributed by atoms with Gasteiger partial charge in [-0.2, -0.15) is 0 Å². The molecule has 1 aromatic heterocycles. The van der Waals surface area contributed by atoms with Gasteiger partial charge in [0.15, 0.2) is 0 Å². The van der Waals surface area contributed by atoms with Crippen LogP contribution in [0.25, 0.3) is 0 Å². The first-order valence-corrected chi connectivity index (χ1v) is 13.5. The molecule has 1 amide bonds. The number of hydrogen-bond acceptors (Lipinski definition) is 6. The molecule has 208 valence electrons. The lowest BCUT2D eigenvalue weighted by Crippen LogP contribution is -2.44. The van der Waals surface area contributed by atoms with Gasteiger partial charge in [0, 0.05) is 31.6 Å². The van der Waals surface area contributed by atoms with Crippen molar-refractivity contribution in [2.45, 2.75) is 70.2 Å². The van der Waals surface area contributed by atoms with Crippen LogP contribution < -0.4 is 5.32 Å². The summed E-state index contributed by atoms with van der Waals surface area (Å²) < 4.78 is 24.5. The molecule has 0 saturated heterocycles. The molecule has 0 bridgehead atoms. The summed E-state index contributed by atoms with van der Waals surface area (Å²) in [5.74, 6) is -1.16. The number of carbonyl (C=O) groups is 2. The molecule has 2 aromatic rings. The van der Waals surface area contributed by atoms with Crippen LogP contribution in [-0.2, 0) is 40.1 Å². The smallest absolute Gasteiger partial charge is 0.408 e. The number of halogens is 1. The van der Waals surface area contributed by atoms with Gasteiger partial charge < -0.3 is 24.8 Å². The Kier molecular flexibility index (Phi) is 12.5. The number of pyridine rings is 1. The zero-order chi connectivity index (χ0) is 27.2. The number of amides is 1. The zero-order valence-electron chi connectivity index (χ0n) is 22.2. The van der Waals surface area contributed by atoms with Crippen LogP contribution >= 0.6 is 0 Å². The summed E-state index contributed by atoms with van der Waals surface area (Å²) in [6.07, 6.45) is 5.30. The monoisotopic (exact) mass is 529 g/mol. The molecule has 0 spiro atoms. The molecule has 0 unspecified atom stereocenters. The number of hydrogen-bond donors (Lipinski definition) is 2. The third kappa shape index (κ3) is 10.4. The zero-order valence-corrected chi connectivity index (χ0v) is 22.2. The van der Waals surface area contributed by atoms with Gasteiger partial charge in [-0.05, 0) is 75.1 Å². The van der Waals surface area contributed by atoms with Crippen molar-refractivity contribution in [3.8, 4) is 0 Å². The summed E-state index contributed by atoms with van der Waals surface area (Å²) in [7, 11) is 1.45. The van der Waals surface area contributed by atoms with Crippen LogP contribution in [0.4, 0.5) is 9.18 Å². The molecule has 1 heterocycles. The first-order chi connectivity index (χ1) is 18.4. The predicted octanol–water partition coefficient (Wildman–Crippen LogP) is 4.34. The van der Waals surface area contributed by atoms with Crippen LogP contribution in [0.3, 0.4) is 0 Å². The summed E-state index contributed by atoms with van der Waals surface area (Å²) in [6.45, 7) is 1.08. The number of rotatable bonds is 16. The summed E-state index contributed by atoms with van der Waals surface area (Å²) >= 11 is 0.